The van der Waals surface area contributed by atoms with Gasteiger partial charge in [0.15, 0.2) is 5.92 Å². The summed E-state index contributed by atoms with van der Waals surface area (Å²) in [6.45, 7) is 6.84. The van der Waals surface area contributed by atoms with Crippen molar-refractivity contribution in [1.82, 2.24) is 0 Å². The van der Waals surface area contributed by atoms with Crippen molar-refractivity contribution < 1.29 is 0 Å². The summed E-state index contributed by atoms with van der Waals surface area (Å²) in [6.07, 6.45) is 6.15. The van der Waals surface area contributed by atoms with Crippen LogP contribution < -0.4 is 0 Å². The van der Waals surface area contributed by atoms with Crippen molar-refractivity contribution in [2.75, 3.05) is 0 Å². The molecular formula is C17H10N4. The van der Waals surface area contributed by atoms with Gasteiger partial charge in [-0.05, 0) is 17.2 Å². The van der Waals surface area contributed by atoms with Gasteiger partial charge in [-0.1, -0.05) is 48.6 Å². The lowest BCUT2D eigenvalue weighted by Crippen LogP contribution is -1.87. The van der Waals surface area contributed by atoms with Crippen LogP contribution in [-0.2, 0) is 0 Å². The van der Waals surface area contributed by atoms with Gasteiger partial charge in [0.25, 0.3) is 5.70 Å². The molecule has 0 aromatic heterocycles. The van der Waals surface area contributed by atoms with E-state index in [0.29, 0.717) is 5.57 Å². The van der Waals surface area contributed by atoms with Gasteiger partial charge in [-0.25, -0.2) is 10.1 Å². The molecule has 0 radical (unpaired) electrons. The number of allylic oxidation sites excluding steroid dienone is 6. The van der Waals surface area contributed by atoms with E-state index in [0.717, 1.165) is 5.56 Å². The summed E-state index contributed by atoms with van der Waals surface area (Å²) in [4.78, 5) is 3.08. The first-order valence-electron chi connectivity index (χ1n) is 5.97. The molecule has 0 aliphatic rings. The quantitative estimate of drug-likeness (QED) is 0.476. The van der Waals surface area contributed by atoms with Gasteiger partial charge in [-0.15, -0.1) is 0 Å². The Morgan fingerprint density at radius 3 is 2.29 bits per heavy atom. The third-order valence-electron chi connectivity index (χ3n) is 2.51. The third-order valence-corrected chi connectivity index (χ3v) is 2.51. The van der Waals surface area contributed by atoms with Crippen LogP contribution in [0.2, 0.25) is 0 Å². The lowest BCUT2D eigenvalue weighted by Gasteiger charge is -2.01. The Balaban J connectivity index is 3.22. The fraction of sp³-hybridized carbons (Fsp3) is 0.0588. The van der Waals surface area contributed by atoms with Gasteiger partial charge < -0.3 is 0 Å². The molecule has 0 atom stereocenters. The maximum Gasteiger partial charge on any atom is 0.261 e. The van der Waals surface area contributed by atoms with Gasteiger partial charge in [0, 0.05) is 0 Å². The highest BCUT2D eigenvalue weighted by Crippen LogP contribution is 2.17. The fourth-order valence-electron chi connectivity index (χ4n) is 1.46. The van der Waals surface area contributed by atoms with Crippen molar-refractivity contribution in [3.05, 3.63) is 77.3 Å². The van der Waals surface area contributed by atoms with Crippen LogP contribution in [0.4, 0.5) is 0 Å². The molecule has 0 saturated heterocycles. The summed E-state index contributed by atoms with van der Waals surface area (Å²) in [5.74, 6) is -0.836. The van der Waals surface area contributed by atoms with E-state index in [-0.39, 0.29) is 5.70 Å². The monoisotopic (exact) mass is 270 g/mol. The number of hydrogen-bond donors (Lipinski definition) is 0. The van der Waals surface area contributed by atoms with E-state index in [1.165, 1.54) is 12.2 Å². The largest absolute Gasteiger partial charge is 0.261 e. The first-order chi connectivity index (χ1) is 10.2. The van der Waals surface area contributed by atoms with Crippen molar-refractivity contribution in [3.63, 3.8) is 0 Å². The summed E-state index contributed by atoms with van der Waals surface area (Å²) in [5.41, 5.74) is 1.54. The number of nitrogens with zero attached hydrogens (tertiary/aromatic N) is 4. The van der Waals surface area contributed by atoms with Crippen molar-refractivity contribution in [1.29, 1.82) is 15.8 Å². The molecule has 0 aliphatic carbocycles. The topological polar surface area (TPSA) is 75.7 Å². The van der Waals surface area contributed by atoms with E-state index in [4.69, 9.17) is 22.4 Å². The first-order valence-corrected chi connectivity index (χ1v) is 5.97. The molecular weight excluding hydrogens is 260 g/mol. The third kappa shape index (κ3) is 4.88. The van der Waals surface area contributed by atoms with E-state index in [1.54, 1.807) is 18.2 Å². The van der Waals surface area contributed by atoms with Crippen LogP contribution in [0.5, 0.6) is 0 Å². The summed E-state index contributed by atoms with van der Waals surface area (Å²) in [7, 11) is 0. The lowest BCUT2D eigenvalue weighted by atomic mass is 10.0. The van der Waals surface area contributed by atoms with Crippen molar-refractivity contribution in [3.8, 4) is 18.2 Å². The van der Waals surface area contributed by atoms with Crippen LogP contribution in [0.15, 0.2) is 60.3 Å². The van der Waals surface area contributed by atoms with Gasteiger partial charge in [0.1, 0.15) is 0 Å². The second-order valence-electron chi connectivity index (χ2n) is 3.86. The zero-order valence-electron chi connectivity index (χ0n) is 11.1. The average Bonchev–Trinajstić information content (AvgIpc) is 2.55. The van der Waals surface area contributed by atoms with Crippen LogP contribution in [0, 0.1) is 46.5 Å². The highest BCUT2D eigenvalue weighted by atomic mass is 14.7. The van der Waals surface area contributed by atoms with Gasteiger partial charge in [-0.3, -0.25) is 0 Å². The van der Waals surface area contributed by atoms with E-state index in [2.05, 4.69) is 4.85 Å². The molecule has 1 aromatic rings. The molecule has 21 heavy (non-hydrogen) atoms. The minimum Gasteiger partial charge on any atom is -0.227 e. The van der Waals surface area contributed by atoms with Crippen LogP contribution in [0.1, 0.15) is 5.56 Å². The smallest absolute Gasteiger partial charge is 0.227 e. The van der Waals surface area contributed by atoms with Crippen molar-refractivity contribution in [2.45, 2.75) is 0 Å². The molecule has 0 heterocycles. The lowest BCUT2D eigenvalue weighted by molar-refractivity contribution is 1.09. The highest BCUT2D eigenvalue weighted by molar-refractivity contribution is 5.75. The Morgan fingerprint density at radius 1 is 1.10 bits per heavy atom. The molecule has 0 N–H and O–H groups in total. The average molecular weight is 270 g/mol. The van der Waals surface area contributed by atoms with Gasteiger partial charge in [0.05, 0.1) is 24.8 Å². The van der Waals surface area contributed by atoms with Gasteiger partial charge >= 0.3 is 0 Å². The molecule has 1 rings (SSSR count). The maximum atomic E-state index is 8.77. The van der Waals surface area contributed by atoms with E-state index < -0.39 is 5.92 Å². The van der Waals surface area contributed by atoms with Gasteiger partial charge in [-0.2, -0.15) is 10.5 Å². The molecule has 0 saturated carbocycles. The van der Waals surface area contributed by atoms with Crippen LogP contribution in [-0.4, -0.2) is 0 Å². The Hall–Kier alpha value is -3.60. The van der Waals surface area contributed by atoms with Crippen molar-refractivity contribution >= 4 is 5.57 Å². The molecule has 0 aliphatic heterocycles. The van der Waals surface area contributed by atoms with Crippen LogP contribution in [0.25, 0.3) is 10.4 Å². The summed E-state index contributed by atoms with van der Waals surface area (Å²) in [5, 5.41) is 26.3. The minimum atomic E-state index is -0.836. The molecule has 4 heteroatoms. The molecule has 0 spiro atoms. The molecule has 0 unspecified atom stereocenters. The summed E-state index contributed by atoms with van der Waals surface area (Å²) < 4.78 is 0. The SMILES string of the molecule is [C-]#[N+]/C(C#N)=C/C=C(/C=C/C(C#N)C#N)c1ccccc1. The molecule has 98 valence electrons. The Kier molecular flexibility index (Phi) is 6.25. The Morgan fingerprint density at radius 2 is 1.76 bits per heavy atom. The van der Waals surface area contributed by atoms with E-state index in [9.17, 15) is 0 Å². The molecule has 4 nitrogen and oxygen atoms in total. The molecule has 0 bridgehead atoms. The van der Waals surface area contributed by atoms with Crippen molar-refractivity contribution in [2.24, 2.45) is 5.92 Å². The normalized spacial score (nSPS) is 11.5. The predicted molar refractivity (Wildman–Crippen MR) is 78.6 cm³/mol. The number of rotatable bonds is 4. The highest BCUT2D eigenvalue weighted by Gasteiger charge is 2.01. The van der Waals surface area contributed by atoms with Crippen LogP contribution in [0.3, 0.4) is 0 Å². The minimum absolute atomic E-state index is 0.0334. The second-order valence-corrected chi connectivity index (χ2v) is 3.86. The van der Waals surface area contributed by atoms with E-state index >= 15 is 0 Å². The molecule has 1 aromatic carbocycles. The molecule has 0 amide bonds. The van der Waals surface area contributed by atoms with Gasteiger partial charge in [0.2, 0.25) is 0 Å². The Bertz CT molecular complexity index is 711. The van der Waals surface area contributed by atoms with Crippen LogP contribution >= 0.6 is 0 Å². The Labute approximate surface area is 123 Å². The first kappa shape index (κ1) is 15.5. The zero-order chi connectivity index (χ0) is 15.5. The second kappa shape index (κ2) is 8.49. The standard InChI is InChI=1S/C17H10N4/c1-21-17(13-20)10-9-16(8-7-14(11-18)12-19)15-5-3-2-4-6-15/h2-10,14H/b8-7+,16-9-,17-10+. The fourth-order valence-corrected chi connectivity index (χ4v) is 1.46. The summed E-state index contributed by atoms with van der Waals surface area (Å²) in [6, 6.07) is 14.8. The van der Waals surface area contributed by atoms with E-state index in [1.807, 2.05) is 42.5 Å². The number of nitriles is 3. The zero-order valence-corrected chi connectivity index (χ0v) is 11.1. The molecule has 0 fully saturated rings. The summed E-state index contributed by atoms with van der Waals surface area (Å²) >= 11 is 0. The number of hydrogen-bond acceptors (Lipinski definition) is 3. The number of benzene rings is 1. The predicted octanol–water partition coefficient (Wildman–Crippen LogP) is 3.62. The maximum absolute atomic E-state index is 8.77.